The van der Waals surface area contributed by atoms with E-state index in [1.165, 1.54) is 5.56 Å². The van der Waals surface area contributed by atoms with Gasteiger partial charge in [-0.05, 0) is 36.5 Å². The molecule has 3 nitrogen and oxygen atoms in total. The van der Waals surface area contributed by atoms with E-state index in [1.807, 2.05) is 24.3 Å². The van der Waals surface area contributed by atoms with E-state index in [1.54, 1.807) is 0 Å². The van der Waals surface area contributed by atoms with Crippen LogP contribution in [0.3, 0.4) is 0 Å². The number of rotatable bonds is 5. The van der Waals surface area contributed by atoms with Crippen LogP contribution in [-0.2, 0) is 11.2 Å². The lowest BCUT2D eigenvalue weighted by Crippen LogP contribution is -2.36. The first-order valence-electron chi connectivity index (χ1n) is 6.18. The van der Waals surface area contributed by atoms with Crippen molar-refractivity contribution in [2.45, 2.75) is 39.7 Å². The van der Waals surface area contributed by atoms with Crippen LogP contribution < -0.4 is 11.1 Å². The summed E-state index contributed by atoms with van der Waals surface area (Å²) in [6.45, 7) is 6.21. The lowest BCUT2D eigenvalue weighted by atomic mass is 10.0. The molecule has 94 valence electrons. The summed E-state index contributed by atoms with van der Waals surface area (Å²) >= 11 is 0. The highest BCUT2D eigenvalue weighted by molar-refractivity contribution is 5.94. The van der Waals surface area contributed by atoms with Crippen LogP contribution in [0, 0.1) is 5.92 Å². The molecule has 0 saturated heterocycles. The average molecular weight is 234 g/mol. The predicted molar refractivity (Wildman–Crippen MR) is 71.9 cm³/mol. The van der Waals surface area contributed by atoms with Gasteiger partial charge in [0.2, 0.25) is 5.91 Å². The van der Waals surface area contributed by atoms with Crippen molar-refractivity contribution in [3.05, 3.63) is 29.8 Å². The third-order valence-corrected chi connectivity index (χ3v) is 2.66. The summed E-state index contributed by atoms with van der Waals surface area (Å²) in [5, 5.41) is 2.86. The van der Waals surface area contributed by atoms with Gasteiger partial charge in [-0.15, -0.1) is 0 Å². The van der Waals surface area contributed by atoms with Crippen LogP contribution in [0.2, 0.25) is 0 Å². The normalized spacial score (nSPS) is 12.5. The largest absolute Gasteiger partial charge is 0.325 e. The van der Waals surface area contributed by atoms with E-state index in [-0.39, 0.29) is 5.91 Å². The van der Waals surface area contributed by atoms with Crippen LogP contribution >= 0.6 is 0 Å². The molecule has 0 heterocycles. The summed E-state index contributed by atoms with van der Waals surface area (Å²) in [6.07, 6.45) is 1.67. The molecule has 3 N–H and O–H groups in total. The molecule has 0 aromatic heterocycles. The molecule has 17 heavy (non-hydrogen) atoms. The third kappa shape index (κ3) is 4.57. The summed E-state index contributed by atoms with van der Waals surface area (Å²) < 4.78 is 0. The topological polar surface area (TPSA) is 55.1 Å². The second-order valence-electron chi connectivity index (χ2n) is 4.78. The van der Waals surface area contributed by atoms with Crippen LogP contribution in [0.5, 0.6) is 0 Å². The minimum absolute atomic E-state index is 0.105. The Hall–Kier alpha value is -1.35. The second-order valence-corrected chi connectivity index (χ2v) is 4.78. The van der Waals surface area contributed by atoms with Crippen LogP contribution in [0.4, 0.5) is 5.69 Å². The molecule has 0 fully saturated rings. The molecule has 1 atom stereocenters. The zero-order valence-electron chi connectivity index (χ0n) is 10.9. The van der Waals surface area contributed by atoms with Crippen molar-refractivity contribution in [2.24, 2.45) is 11.7 Å². The molecular formula is C14H22N2O. The number of anilines is 1. The van der Waals surface area contributed by atoms with Gasteiger partial charge >= 0.3 is 0 Å². The average Bonchev–Trinajstić information content (AvgIpc) is 2.28. The number of hydrogen-bond acceptors (Lipinski definition) is 2. The van der Waals surface area contributed by atoms with Crippen molar-refractivity contribution in [3.8, 4) is 0 Å². The van der Waals surface area contributed by atoms with Crippen LogP contribution in [-0.4, -0.2) is 11.9 Å². The van der Waals surface area contributed by atoms with Crippen molar-refractivity contribution in [3.63, 3.8) is 0 Å². The molecule has 1 aromatic rings. The molecule has 0 aliphatic rings. The number of aryl methyl sites for hydroxylation is 1. The molecule has 0 spiro atoms. The number of benzene rings is 1. The highest BCUT2D eigenvalue weighted by atomic mass is 16.2. The van der Waals surface area contributed by atoms with Crippen molar-refractivity contribution >= 4 is 11.6 Å². The van der Waals surface area contributed by atoms with Gasteiger partial charge in [0.1, 0.15) is 0 Å². The maximum atomic E-state index is 11.8. The van der Waals surface area contributed by atoms with Gasteiger partial charge < -0.3 is 11.1 Å². The molecule has 1 aromatic carbocycles. The molecule has 0 aliphatic heterocycles. The Morgan fingerprint density at radius 1 is 1.41 bits per heavy atom. The van der Waals surface area contributed by atoms with E-state index in [0.29, 0.717) is 12.3 Å². The molecule has 0 aliphatic carbocycles. The van der Waals surface area contributed by atoms with Gasteiger partial charge in [0, 0.05) is 5.69 Å². The van der Waals surface area contributed by atoms with Gasteiger partial charge in [0.05, 0.1) is 6.04 Å². The number of carbonyl (C=O) groups is 1. The molecule has 3 heteroatoms. The first-order valence-corrected chi connectivity index (χ1v) is 6.18. The molecule has 0 unspecified atom stereocenters. The molecule has 1 amide bonds. The second kappa shape index (κ2) is 6.40. The minimum Gasteiger partial charge on any atom is -0.325 e. The van der Waals surface area contributed by atoms with Crippen LogP contribution in [0.15, 0.2) is 24.3 Å². The maximum absolute atomic E-state index is 11.8. The fourth-order valence-corrected chi connectivity index (χ4v) is 1.72. The summed E-state index contributed by atoms with van der Waals surface area (Å²) in [5.41, 5.74) is 7.86. The van der Waals surface area contributed by atoms with Crippen molar-refractivity contribution < 1.29 is 4.79 Å². The molecular weight excluding hydrogens is 212 g/mol. The highest BCUT2D eigenvalue weighted by Gasteiger charge is 2.14. The quantitative estimate of drug-likeness (QED) is 0.822. The number of amides is 1. The zero-order valence-corrected chi connectivity index (χ0v) is 10.9. The summed E-state index contributed by atoms with van der Waals surface area (Å²) in [7, 11) is 0. The summed E-state index contributed by atoms with van der Waals surface area (Å²) in [4.78, 5) is 11.8. The Morgan fingerprint density at radius 2 is 2.12 bits per heavy atom. The molecule has 0 bridgehead atoms. The number of nitrogens with one attached hydrogen (secondary N) is 1. The van der Waals surface area contributed by atoms with Crippen LogP contribution in [0.1, 0.15) is 32.8 Å². The van der Waals surface area contributed by atoms with E-state index in [4.69, 9.17) is 5.73 Å². The third-order valence-electron chi connectivity index (χ3n) is 2.66. The summed E-state index contributed by atoms with van der Waals surface area (Å²) in [5.74, 6) is 0.324. The lowest BCUT2D eigenvalue weighted by Gasteiger charge is -2.14. The minimum atomic E-state index is -0.430. The smallest absolute Gasteiger partial charge is 0.241 e. The van der Waals surface area contributed by atoms with Gasteiger partial charge in [0.25, 0.3) is 0 Å². The van der Waals surface area contributed by atoms with E-state index in [0.717, 1.165) is 12.1 Å². The Morgan fingerprint density at radius 3 is 2.71 bits per heavy atom. The standard InChI is InChI=1S/C14H22N2O/c1-4-11-6-5-7-12(9-11)16-14(17)13(15)8-10(2)3/h5-7,9-10,13H,4,8,15H2,1-3H3,(H,16,17)/t13-/m0/s1. The Kier molecular flexibility index (Phi) is 5.16. The summed E-state index contributed by atoms with van der Waals surface area (Å²) in [6, 6.07) is 7.44. The van der Waals surface area contributed by atoms with Crippen molar-refractivity contribution in [2.75, 3.05) is 5.32 Å². The fraction of sp³-hybridized carbons (Fsp3) is 0.500. The molecule has 1 rings (SSSR count). The van der Waals surface area contributed by atoms with E-state index < -0.39 is 6.04 Å². The van der Waals surface area contributed by atoms with E-state index >= 15 is 0 Å². The van der Waals surface area contributed by atoms with Crippen LogP contribution in [0.25, 0.3) is 0 Å². The molecule has 0 saturated carbocycles. The first-order chi connectivity index (χ1) is 8.02. The predicted octanol–water partition coefficient (Wildman–Crippen LogP) is 2.56. The van der Waals surface area contributed by atoms with Gasteiger partial charge in [-0.2, -0.15) is 0 Å². The van der Waals surface area contributed by atoms with Crippen molar-refractivity contribution in [1.29, 1.82) is 0 Å². The number of carbonyl (C=O) groups excluding carboxylic acids is 1. The van der Waals surface area contributed by atoms with Gasteiger partial charge in [0.15, 0.2) is 0 Å². The maximum Gasteiger partial charge on any atom is 0.241 e. The zero-order chi connectivity index (χ0) is 12.8. The lowest BCUT2D eigenvalue weighted by molar-refractivity contribution is -0.117. The highest BCUT2D eigenvalue weighted by Crippen LogP contribution is 2.12. The number of hydrogen-bond donors (Lipinski definition) is 2. The number of nitrogens with two attached hydrogens (primary N) is 1. The Balaban J connectivity index is 2.61. The monoisotopic (exact) mass is 234 g/mol. The SMILES string of the molecule is CCc1cccc(NC(=O)[C@@H](N)CC(C)C)c1. The van der Waals surface area contributed by atoms with Gasteiger partial charge in [-0.1, -0.05) is 32.9 Å². The fourth-order valence-electron chi connectivity index (χ4n) is 1.72. The Bertz CT molecular complexity index is 374. The van der Waals surface area contributed by atoms with Gasteiger partial charge in [-0.3, -0.25) is 4.79 Å². The van der Waals surface area contributed by atoms with Gasteiger partial charge in [-0.25, -0.2) is 0 Å². The Labute approximate surface area is 103 Å². The van der Waals surface area contributed by atoms with E-state index in [9.17, 15) is 4.79 Å². The van der Waals surface area contributed by atoms with E-state index in [2.05, 4.69) is 26.1 Å². The van der Waals surface area contributed by atoms with Crippen molar-refractivity contribution in [1.82, 2.24) is 0 Å². The molecule has 0 radical (unpaired) electrons. The first kappa shape index (κ1) is 13.7.